The van der Waals surface area contributed by atoms with Gasteiger partial charge in [-0.1, -0.05) is 0 Å². The molecule has 0 aromatic rings. The molecule has 2 heterocycles. The van der Waals surface area contributed by atoms with E-state index in [0.717, 1.165) is 0 Å². The molecule has 5 nitrogen and oxygen atoms in total. The fourth-order valence-corrected chi connectivity index (χ4v) is 1.43. The average Bonchev–Trinajstić information content (AvgIpc) is 2.62. The number of carbonyl (C=O) groups is 2. The standard InChI is InChI=1S/C8H10N2O3/c1-9-2-3-10(8(9)12)6-4-7(11)13-5-6/h4H,2-3,5H2,1H3. The minimum atomic E-state index is -0.364. The highest BCUT2D eigenvalue weighted by Crippen LogP contribution is 2.17. The Morgan fingerprint density at radius 2 is 2.15 bits per heavy atom. The molecule has 0 N–H and O–H groups in total. The summed E-state index contributed by atoms with van der Waals surface area (Å²) >= 11 is 0. The van der Waals surface area contributed by atoms with Crippen LogP contribution in [0.5, 0.6) is 0 Å². The van der Waals surface area contributed by atoms with E-state index in [4.69, 9.17) is 4.74 Å². The summed E-state index contributed by atoms with van der Waals surface area (Å²) in [4.78, 5) is 25.4. The van der Waals surface area contributed by atoms with Crippen LogP contribution < -0.4 is 0 Å². The Balaban J connectivity index is 2.14. The number of esters is 1. The highest BCUT2D eigenvalue weighted by Gasteiger charge is 2.31. The summed E-state index contributed by atoms with van der Waals surface area (Å²) in [5.74, 6) is -0.364. The van der Waals surface area contributed by atoms with Crippen molar-refractivity contribution in [3.05, 3.63) is 11.8 Å². The molecule has 2 aliphatic rings. The molecule has 0 aromatic heterocycles. The van der Waals surface area contributed by atoms with Crippen LogP contribution in [0, 0.1) is 0 Å². The zero-order valence-corrected chi connectivity index (χ0v) is 7.32. The normalized spacial score (nSPS) is 22.4. The molecular formula is C8H10N2O3. The van der Waals surface area contributed by atoms with E-state index in [1.165, 1.54) is 6.08 Å². The lowest BCUT2D eigenvalue weighted by atomic mass is 10.4. The highest BCUT2D eigenvalue weighted by atomic mass is 16.5. The lowest BCUT2D eigenvalue weighted by Gasteiger charge is -2.15. The van der Waals surface area contributed by atoms with Crippen molar-refractivity contribution in [3.63, 3.8) is 0 Å². The van der Waals surface area contributed by atoms with Crippen molar-refractivity contribution in [1.29, 1.82) is 0 Å². The summed E-state index contributed by atoms with van der Waals surface area (Å²) in [5, 5.41) is 0. The molecule has 0 unspecified atom stereocenters. The van der Waals surface area contributed by atoms with E-state index in [9.17, 15) is 9.59 Å². The zero-order chi connectivity index (χ0) is 9.42. The predicted molar refractivity (Wildman–Crippen MR) is 43.8 cm³/mol. The zero-order valence-electron chi connectivity index (χ0n) is 7.32. The molecule has 2 rings (SSSR count). The minimum Gasteiger partial charge on any atom is -0.456 e. The van der Waals surface area contributed by atoms with E-state index < -0.39 is 0 Å². The number of likely N-dealkylation sites (N-methyl/N-ethyl adjacent to an activating group) is 1. The number of cyclic esters (lactones) is 1. The van der Waals surface area contributed by atoms with Crippen LogP contribution in [0.4, 0.5) is 4.79 Å². The Bertz CT molecular complexity index is 298. The second-order valence-electron chi connectivity index (χ2n) is 3.10. The minimum absolute atomic E-state index is 0.0652. The van der Waals surface area contributed by atoms with Crippen LogP contribution in [0.25, 0.3) is 0 Å². The number of hydrogen-bond donors (Lipinski definition) is 0. The van der Waals surface area contributed by atoms with Crippen molar-refractivity contribution in [3.8, 4) is 0 Å². The number of rotatable bonds is 1. The van der Waals surface area contributed by atoms with Crippen molar-refractivity contribution in [2.24, 2.45) is 0 Å². The maximum atomic E-state index is 11.4. The molecule has 1 fully saturated rings. The van der Waals surface area contributed by atoms with E-state index in [2.05, 4.69) is 0 Å². The van der Waals surface area contributed by atoms with Crippen LogP contribution in [0.15, 0.2) is 11.8 Å². The Labute approximate surface area is 75.5 Å². The summed E-state index contributed by atoms with van der Waals surface area (Å²) in [7, 11) is 1.74. The first kappa shape index (κ1) is 8.10. The van der Waals surface area contributed by atoms with Gasteiger partial charge >= 0.3 is 12.0 Å². The van der Waals surface area contributed by atoms with Gasteiger partial charge in [-0.3, -0.25) is 4.90 Å². The number of ether oxygens (including phenoxy) is 1. The Morgan fingerprint density at radius 1 is 1.38 bits per heavy atom. The second kappa shape index (κ2) is 2.76. The van der Waals surface area contributed by atoms with E-state index in [-0.39, 0.29) is 18.6 Å². The number of urea groups is 1. The molecule has 0 bridgehead atoms. The topological polar surface area (TPSA) is 49.9 Å². The Kier molecular flexibility index (Phi) is 1.72. The largest absolute Gasteiger partial charge is 0.456 e. The number of amides is 2. The fourth-order valence-electron chi connectivity index (χ4n) is 1.43. The molecule has 13 heavy (non-hydrogen) atoms. The summed E-state index contributed by atoms with van der Waals surface area (Å²) in [5.41, 5.74) is 0.666. The molecule has 0 aromatic carbocycles. The van der Waals surface area contributed by atoms with Crippen LogP contribution in [0.1, 0.15) is 0 Å². The van der Waals surface area contributed by atoms with Gasteiger partial charge in [-0.05, 0) is 0 Å². The molecule has 0 atom stereocenters. The molecule has 5 heteroatoms. The number of hydrogen-bond acceptors (Lipinski definition) is 3. The van der Waals surface area contributed by atoms with Gasteiger partial charge in [-0.2, -0.15) is 0 Å². The third-order valence-corrected chi connectivity index (χ3v) is 2.21. The lowest BCUT2D eigenvalue weighted by molar-refractivity contribution is -0.135. The van der Waals surface area contributed by atoms with Gasteiger partial charge in [0.1, 0.15) is 6.61 Å². The molecule has 0 spiro atoms. The van der Waals surface area contributed by atoms with Gasteiger partial charge in [-0.25, -0.2) is 9.59 Å². The van der Waals surface area contributed by atoms with Gasteiger partial charge in [0.15, 0.2) is 0 Å². The van der Waals surface area contributed by atoms with Crippen LogP contribution in [0.2, 0.25) is 0 Å². The maximum absolute atomic E-state index is 11.4. The quantitative estimate of drug-likeness (QED) is 0.527. The van der Waals surface area contributed by atoms with Crippen LogP contribution in [-0.4, -0.2) is 48.5 Å². The van der Waals surface area contributed by atoms with E-state index in [1.54, 1.807) is 16.8 Å². The van der Waals surface area contributed by atoms with Crippen molar-refractivity contribution in [2.45, 2.75) is 0 Å². The molecule has 70 valence electrons. The van der Waals surface area contributed by atoms with Gasteiger partial charge in [0.05, 0.1) is 5.70 Å². The van der Waals surface area contributed by atoms with E-state index in [1.807, 2.05) is 0 Å². The predicted octanol–water partition coefficient (Wildman–Crippen LogP) is -0.206. The third kappa shape index (κ3) is 1.26. The van der Waals surface area contributed by atoms with Crippen LogP contribution in [0.3, 0.4) is 0 Å². The molecule has 2 amide bonds. The second-order valence-corrected chi connectivity index (χ2v) is 3.10. The van der Waals surface area contributed by atoms with E-state index in [0.29, 0.717) is 18.8 Å². The van der Waals surface area contributed by atoms with Crippen molar-refractivity contribution in [2.75, 3.05) is 26.7 Å². The lowest BCUT2D eigenvalue weighted by Crippen LogP contribution is -2.29. The molecule has 0 aliphatic carbocycles. The van der Waals surface area contributed by atoms with Crippen LogP contribution in [-0.2, 0) is 9.53 Å². The molecule has 0 saturated carbocycles. The van der Waals surface area contributed by atoms with Gasteiger partial charge in [0.25, 0.3) is 0 Å². The van der Waals surface area contributed by atoms with Crippen molar-refractivity contribution >= 4 is 12.0 Å². The van der Waals surface area contributed by atoms with Crippen molar-refractivity contribution in [1.82, 2.24) is 9.80 Å². The molecule has 1 saturated heterocycles. The SMILES string of the molecule is CN1CCN(C2=CC(=O)OC2)C1=O. The Hall–Kier alpha value is -1.52. The summed E-state index contributed by atoms with van der Waals surface area (Å²) < 4.78 is 4.72. The maximum Gasteiger partial charge on any atom is 0.333 e. The fraction of sp³-hybridized carbons (Fsp3) is 0.500. The Morgan fingerprint density at radius 3 is 2.62 bits per heavy atom. The first-order valence-electron chi connectivity index (χ1n) is 4.08. The first-order valence-corrected chi connectivity index (χ1v) is 4.08. The van der Waals surface area contributed by atoms with Gasteiger partial charge in [0.2, 0.25) is 0 Å². The molecule has 0 radical (unpaired) electrons. The van der Waals surface area contributed by atoms with Crippen LogP contribution >= 0.6 is 0 Å². The van der Waals surface area contributed by atoms with Gasteiger partial charge < -0.3 is 9.64 Å². The summed E-state index contributed by atoms with van der Waals surface area (Å²) in [6.07, 6.45) is 1.37. The summed E-state index contributed by atoms with van der Waals surface area (Å²) in [6.45, 7) is 1.56. The van der Waals surface area contributed by atoms with Crippen molar-refractivity contribution < 1.29 is 14.3 Å². The number of carbonyl (C=O) groups excluding carboxylic acids is 2. The molecular weight excluding hydrogens is 172 g/mol. The summed E-state index contributed by atoms with van der Waals surface area (Å²) in [6, 6.07) is -0.0652. The van der Waals surface area contributed by atoms with Gasteiger partial charge in [-0.15, -0.1) is 0 Å². The third-order valence-electron chi connectivity index (χ3n) is 2.21. The first-order chi connectivity index (χ1) is 6.18. The van der Waals surface area contributed by atoms with E-state index >= 15 is 0 Å². The monoisotopic (exact) mass is 182 g/mol. The molecule has 2 aliphatic heterocycles. The average molecular weight is 182 g/mol. The highest BCUT2D eigenvalue weighted by molar-refractivity contribution is 5.87. The smallest absolute Gasteiger partial charge is 0.333 e. The van der Waals surface area contributed by atoms with Gasteiger partial charge in [0, 0.05) is 26.2 Å². The number of nitrogens with zero attached hydrogens (tertiary/aromatic N) is 2.